The maximum Gasteiger partial charge on any atom is 0.345 e. The normalized spacial score (nSPS) is 9.93. The molecule has 148 valence electrons. The van der Waals surface area contributed by atoms with Gasteiger partial charge in [0.1, 0.15) is 17.1 Å². The number of aryl methyl sites for hydroxylation is 1. The van der Waals surface area contributed by atoms with E-state index in [-0.39, 0.29) is 31.0 Å². The van der Waals surface area contributed by atoms with Gasteiger partial charge in [-0.1, -0.05) is 0 Å². The molecule has 0 amide bonds. The van der Waals surface area contributed by atoms with Crippen molar-refractivity contribution in [3.63, 3.8) is 0 Å². The highest BCUT2D eigenvalue weighted by Crippen LogP contribution is 2.23. The van der Waals surface area contributed by atoms with E-state index in [0.29, 0.717) is 24.3 Å². The zero-order valence-corrected chi connectivity index (χ0v) is 16.2. The third kappa shape index (κ3) is 7.52. The van der Waals surface area contributed by atoms with Crippen LogP contribution in [0.2, 0.25) is 0 Å². The molecule has 0 fully saturated rings. The van der Waals surface area contributed by atoms with Crippen molar-refractivity contribution < 1.29 is 33.3 Å². The van der Waals surface area contributed by atoms with Crippen molar-refractivity contribution in [2.45, 2.75) is 33.1 Å². The number of allylic oxidation sites excluding steroid dienone is 1. The second kappa shape index (κ2) is 11.7. The fourth-order valence-electron chi connectivity index (χ4n) is 2.33. The van der Waals surface area contributed by atoms with Crippen LogP contribution in [0.25, 0.3) is 0 Å². The van der Waals surface area contributed by atoms with Crippen LogP contribution in [0, 0.1) is 0 Å². The Hall–Kier alpha value is -2.83. The van der Waals surface area contributed by atoms with Crippen molar-refractivity contribution >= 4 is 17.7 Å². The Morgan fingerprint density at radius 1 is 0.889 bits per heavy atom. The summed E-state index contributed by atoms with van der Waals surface area (Å²) in [5.41, 5.74) is 0.575. The molecule has 0 atom stereocenters. The van der Waals surface area contributed by atoms with Crippen LogP contribution >= 0.6 is 0 Å². The summed E-state index contributed by atoms with van der Waals surface area (Å²) in [6.07, 6.45) is 2.32. The third-order valence-corrected chi connectivity index (χ3v) is 3.60. The predicted octanol–water partition coefficient (Wildman–Crippen LogP) is 2.65. The van der Waals surface area contributed by atoms with E-state index in [9.17, 15) is 14.4 Å². The molecule has 0 aliphatic carbocycles. The number of carbonyl (C=O) groups excluding carboxylic acids is 3. The molecular formula is C20H26O7. The average Bonchev–Trinajstić information content (AvgIpc) is 2.66. The molecule has 0 saturated heterocycles. The Morgan fingerprint density at radius 2 is 1.41 bits per heavy atom. The Kier molecular flexibility index (Phi) is 9.64. The molecule has 0 aromatic heterocycles. The van der Waals surface area contributed by atoms with Crippen LogP contribution in [0.1, 0.15) is 32.3 Å². The van der Waals surface area contributed by atoms with Gasteiger partial charge in [-0.3, -0.25) is 4.79 Å². The van der Waals surface area contributed by atoms with E-state index in [1.165, 1.54) is 0 Å². The average molecular weight is 378 g/mol. The minimum absolute atomic E-state index is 0.0987. The molecule has 0 aliphatic heterocycles. The second-order valence-electron chi connectivity index (χ2n) is 5.54. The van der Waals surface area contributed by atoms with E-state index >= 15 is 0 Å². The fraction of sp³-hybridized carbons (Fsp3) is 0.450. The van der Waals surface area contributed by atoms with E-state index in [2.05, 4.69) is 0 Å². The van der Waals surface area contributed by atoms with Gasteiger partial charge in [0.05, 0.1) is 27.4 Å². The molecule has 0 spiro atoms. The highest BCUT2D eigenvalue weighted by atomic mass is 16.6. The maximum atomic E-state index is 12.2. The van der Waals surface area contributed by atoms with Crippen LogP contribution in [0.3, 0.4) is 0 Å². The van der Waals surface area contributed by atoms with E-state index < -0.39 is 11.9 Å². The molecule has 0 radical (unpaired) electrons. The summed E-state index contributed by atoms with van der Waals surface area (Å²) in [7, 11) is 3.14. The zero-order valence-electron chi connectivity index (χ0n) is 16.2. The summed E-state index contributed by atoms with van der Waals surface area (Å²) in [6.45, 7) is 3.43. The molecule has 0 N–H and O–H groups in total. The van der Waals surface area contributed by atoms with Crippen molar-refractivity contribution in [2.24, 2.45) is 0 Å². The SMILES string of the molecule is CCOC(=O)C(=CC(=O)CCCc1cc(OC)cc(OC)c1)C(=O)OCC. The number of methoxy groups -OCH3 is 2. The number of ether oxygens (including phenoxy) is 4. The Labute approximate surface area is 159 Å². The summed E-state index contributed by atoms with van der Waals surface area (Å²) in [5, 5.41) is 0. The van der Waals surface area contributed by atoms with Gasteiger partial charge < -0.3 is 18.9 Å². The molecule has 0 unspecified atom stereocenters. The van der Waals surface area contributed by atoms with Crippen molar-refractivity contribution in [3.8, 4) is 11.5 Å². The van der Waals surface area contributed by atoms with Gasteiger partial charge >= 0.3 is 11.9 Å². The molecule has 1 rings (SSSR count). The summed E-state index contributed by atoms with van der Waals surface area (Å²) >= 11 is 0. The van der Waals surface area contributed by atoms with Crippen LogP contribution in [0.5, 0.6) is 11.5 Å². The van der Waals surface area contributed by atoms with Crippen LogP contribution in [0.4, 0.5) is 0 Å². The number of hydrogen-bond donors (Lipinski definition) is 0. The second-order valence-corrected chi connectivity index (χ2v) is 5.54. The van der Waals surface area contributed by atoms with Crippen LogP contribution in [-0.4, -0.2) is 45.2 Å². The lowest BCUT2D eigenvalue weighted by atomic mass is 10.0. The van der Waals surface area contributed by atoms with Crippen molar-refractivity contribution in [3.05, 3.63) is 35.4 Å². The van der Waals surface area contributed by atoms with Gasteiger partial charge in [0.25, 0.3) is 0 Å². The molecule has 1 aromatic rings. The third-order valence-electron chi connectivity index (χ3n) is 3.60. The molecule has 1 aromatic carbocycles. The lowest BCUT2D eigenvalue weighted by molar-refractivity contribution is -0.146. The van der Waals surface area contributed by atoms with Crippen molar-refractivity contribution in [1.82, 2.24) is 0 Å². The molecule has 7 nitrogen and oxygen atoms in total. The number of hydrogen-bond acceptors (Lipinski definition) is 7. The smallest absolute Gasteiger partial charge is 0.345 e. The molecule has 7 heteroatoms. The molecular weight excluding hydrogens is 352 g/mol. The summed E-state index contributed by atoms with van der Waals surface area (Å²) in [4.78, 5) is 35.9. The lowest BCUT2D eigenvalue weighted by Crippen LogP contribution is -2.19. The maximum absolute atomic E-state index is 12.2. The first-order chi connectivity index (χ1) is 12.9. The molecule has 0 bridgehead atoms. The van der Waals surface area contributed by atoms with Crippen molar-refractivity contribution in [2.75, 3.05) is 27.4 Å². The van der Waals surface area contributed by atoms with Gasteiger partial charge in [-0.2, -0.15) is 0 Å². The minimum Gasteiger partial charge on any atom is -0.497 e. The van der Waals surface area contributed by atoms with Crippen LogP contribution in [0.15, 0.2) is 29.8 Å². The number of benzene rings is 1. The van der Waals surface area contributed by atoms with E-state index in [0.717, 1.165) is 11.6 Å². The number of esters is 2. The van der Waals surface area contributed by atoms with Gasteiger partial charge in [-0.25, -0.2) is 9.59 Å². The van der Waals surface area contributed by atoms with E-state index in [4.69, 9.17) is 18.9 Å². The van der Waals surface area contributed by atoms with Gasteiger partial charge in [0, 0.05) is 18.6 Å². The quantitative estimate of drug-likeness (QED) is 0.253. The van der Waals surface area contributed by atoms with E-state index in [1.807, 2.05) is 12.1 Å². The number of carbonyl (C=O) groups is 3. The van der Waals surface area contributed by atoms with Crippen molar-refractivity contribution in [1.29, 1.82) is 0 Å². The number of ketones is 1. The fourth-order valence-corrected chi connectivity index (χ4v) is 2.33. The first-order valence-electron chi connectivity index (χ1n) is 8.75. The summed E-state index contributed by atoms with van der Waals surface area (Å²) < 4.78 is 20.1. The largest absolute Gasteiger partial charge is 0.497 e. The first kappa shape index (κ1) is 22.2. The van der Waals surface area contributed by atoms with Gasteiger partial charge in [0.15, 0.2) is 5.78 Å². The molecule has 0 heterocycles. The summed E-state index contributed by atoms with van der Waals surface area (Å²) in [5.74, 6) is -0.727. The van der Waals surface area contributed by atoms with Gasteiger partial charge in [-0.15, -0.1) is 0 Å². The molecule has 0 saturated carbocycles. The lowest BCUT2D eigenvalue weighted by Gasteiger charge is -2.08. The zero-order chi connectivity index (χ0) is 20.2. The van der Waals surface area contributed by atoms with Crippen LogP contribution in [-0.2, 0) is 30.3 Å². The monoisotopic (exact) mass is 378 g/mol. The molecule has 0 aliphatic rings. The standard InChI is InChI=1S/C20H26O7/c1-5-26-19(22)18(20(23)27-6-2)12-15(21)9-7-8-14-10-16(24-3)13-17(11-14)25-4/h10-13H,5-9H2,1-4H3. The predicted molar refractivity (Wildman–Crippen MR) is 98.8 cm³/mol. The van der Waals surface area contributed by atoms with E-state index in [1.54, 1.807) is 34.1 Å². The number of rotatable bonds is 11. The first-order valence-corrected chi connectivity index (χ1v) is 8.75. The Balaban J connectivity index is 2.74. The summed E-state index contributed by atoms with van der Waals surface area (Å²) in [6, 6.07) is 5.50. The van der Waals surface area contributed by atoms with Crippen LogP contribution < -0.4 is 9.47 Å². The Morgan fingerprint density at radius 3 is 1.85 bits per heavy atom. The minimum atomic E-state index is -0.859. The van der Waals surface area contributed by atoms with Gasteiger partial charge in [0.2, 0.25) is 0 Å². The van der Waals surface area contributed by atoms with Gasteiger partial charge in [-0.05, 0) is 44.4 Å². The highest BCUT2D eigenvalue weighted by molar-refractivity contribution is 6.17. The highest BCUT2D eigenvalue weighted by Gasteiger charge is 2.22. The topological polar surface area (TPSA) is 88.1 Å². The Bertz CT molecular complexity index is 649. The molecule has 27 heavy (non-hydrogen) atoms.